The van der Waals surface area contributed by atoms with Gasteiger partial charge in [-0.15, -0.1) is 0 Å². The molecule has 0 radical (unpaired) electrons. The number of hydrogen-bond donors (Lipinski definition) is 1. The highest BCUT2D eigenvalue weighted by Gasteiger charge is 2.05. The molecule has 1 N–H and O–H groups in total. The average Bonchev–Trinajstić information content (AvgIpc) is 2.47. The Labute approximate surface area is 121 Å². The van der Waals surface area contributed by atoms with E-state index in [4.69, 9.17) is 4.74 Å². The summed E-state index contributed by atoms with van der Waals surface area (Å²) in [5, 5.41) is 3.40. The van der Waals surface area contributed by atoms with Crippen LogP contribution in [-0.4, -0.2) is 11.0 Å². The molecule has 0 atom stereocenters. The molecule has 0 fully saturated rings. The Morgan fingerprint density at radius 3 is 2.55 bits per heavy atom. The van der Waals surface area contributed by atoms with E-state index in [-0.39, 0.29) is 0 Å². The summed E-state index contributed by atoms with van der Waals surface area (Å²) in [6.07, 6.45) is 4.60. The maximum Gasteiger partial charge on any atom is 0.150 e. The Morgan fingerprint density at radius 2 is 1.90 bits per heavy atom. The Kier molecular flexibility index (Phi) is 5.13. The van der Waals surface area contributed by atoms with Crippen molar-refractivity contribution in [3.8, 4) is 11.5 Å². The number of ether oxygens (including phenoxy) is 1. The maximum atomic E-state index is 5.94. The van der Waals surface area contributed by atoms with Gasteiger partial charge in [-0.3, -0.25) is 4.98 Å². The molecular weight excluding hydrogens is 248 g/mol. The predicted molar refractivity (Wildman–Crippen MR) is 82.1 cm³/mol. The highest BCUT2D eigenvalue weighted by molar-refractivity contribution is 5.36. The second-order valence-electron chi connectivity index (χ2n) is 5.12. The van der Waals surface area contributed by atoms with Crippen molar-refractivity contribution in [1.29, 1.82) is 0 Å². The third-order valence-electron chi connectivity index (χ3n) is 3.13. The molecule has 1 aromatic carbocycles. The first-order valence-electron chi connectivity index (χ1n) is 7.12. The molecule has 106 valence electrons. The summed E-state index contributed by atoms with van der Waals surface area (Å²) in [4.78, 5) is 4.15. The second-order valence-corrected chi connectivity index (χ2v) is 5.12. The molecule has 0 saturated heterocycles. The first-order chi connectivity index (χ1) is 9.69. The molecular formula is C17H22N2O. The molecule has 0 aliphatic heterocycles. The summed E-state index contributed by atoms with van der Waals surface area (Å²) in [5.41, 5.74) is 2.43. The van der Waals surface area contributed by atoms with Gasteiger partial charge in [0, 0.05) is 24.3 Å². The Bertz CT molecular complexity index is 535. The van der Waals surface area contributed by atoms with Crippen LogP contribution in [0.1, 0.15) is 31.9 Å². The lowest BCUT2D eigenvalue weighted by molar-refractivity contribution is 0.467. The molecule has 1 aromatic heterocycles. The molecule has 0 amide bonds. The quantitative estimate of drug-likeness (QED) is 0.863. The topological polar surface area (TPSA) is 34.1 Å². The number of rotatable bonds is 6. The van der Waals surface area contributed by atoms with Crippen molar-refractivity contribution in [3.63, 3.8) is 0 Å². The third kappa shape index (κ3) is 4.07. The highest BCUT2D eigenvalue weighted by atomic mass is 16.5. The molecule has 0 saturated carbocycles. The summed E-state index contributed by atoms with van der Waals surface area (Å²) in [7, 11) is 0. The smallest absolute Gasteiger partial charge is 0.150 e. The Morgan fingerprint density at radius 1 is 1.15 bits per heavy atom. The van der Waals surface area contributed by atoms with Gasteiger partial charge in [0.15, 0.2) is 0 Å². The number of nitrogens with zero attached hydrogens (tertiary/aromatic N) is 1. The fourth-order valence-electron chi connectivity index (χ4n) is 1.88. The van der Waals surface area contributed by atoms with Crippen LogP contribution in [0.15, 0.2) is 42.7 Å². The normalized spacial score (nSPS) is 10.8. The number of benzene rings is 1. The van der Waals surface area contributed by atoms with Gasteiger partial charge >= 0.3 is 0 Å². The predicted octanol–water partition coefficient (Wildman–Crippen LogP) is 3.93. The Balaban J connectivity index is 2.11. The standard InChI is InChI=1S/C17H22N2O/c1-4-14-5-7-16(8-6-14)20-17-12-18-10-9-15(17)11-19-13(2)3/h5-10,12-13,19H,4,11H2,1-3H3. The SMILES string of the molecule is CCc1ccc(Oc2cnccc2CNC(C)C)cc1. The zero-order valence-electron chi connectivity index (χ0n) is 12.4. The molecule has 3 nitrogen and oxygen atoms in total. The summed E-state index contributed by atoms with van der Waals surface area (Å²) in [6.45, 7) is 7.19. The molecule has 0 unspecified atom stereocenters. The number of nitrogens with one attached hydrogen (secondary N) is 1. The molecule has 0 aliphatic carbocycles. The van der Waals surface area contributed by atoms with E-state index in [1.54, 1.807) is 12.4 Å². The van der Waals surface area contributed by atoms with E-state index in [0.717, 1.165) is 30.0 Å². The number of aryl methyl sites for hydroxylation is 1. The lowest BCUT2D eigenvalue weighted by Gasteiger charge is -2.13. The minimum atomic E-state index is 0.444. The molecule has 2 rings (SSSR count). The Hall–Kier alpha value is -1.87. The first-order valence-corrected chi connectivity index (χ1v) is 7.12. The van der Waals surface area contributed by atoms with Gasteiger partial charge in [0.05, 0.1) is 6.20 Å². The van der Waals surface area contributed by atoms with E-state index in [0.29, 0.717) is 6.04 Å². The van der Waals surface area contributed by atoms with Gasteiger partial charge in [-0.05, 0) is 30.2 Å². The van der Waals surface area contributed by atoms with Crippen molar-refractivity contribution in [1.82, 2.24) is 10.3 Å². The summed E-state index contributed by atoms with van der Waals surface area (Å²) >= 11 is 0. The lowest BCUT2D eigenvalue weighted by atomic mass is 10.2. The molecule has 2 aromatic rings. The van der Waals surface area contributed by atoms with Gasteiger partial charge in [0.2, 0.25) is 0 Å². The van der Waals surface area contributed by atoms with Crippen LogP contribution in [0.3, 0.4) is 0 Å². The molecule has 0 aliphatic rings. The third-order valence-corrected chi connectivity index (χ3v) is 3.13. The highest BCUT2D eigenvalue weighted by Crippen LogP contribution is 2.24. The van der Waals surface area contributed by atoms with Crippen LogP contribution in [-0.2, 0) is 13.0 Å². The van der Waals surface area contributed by atoms with Crippen LogP contribution in [0, 0.1) is 0 Å². The minimum Gasteiger partial charge on any atom is -0.455 e. The van der Waals surface area contributed by atoms with Crippen LogP contribution < -0.4 is 10.1 Å². The van der Waals surface area contributed by atoms with E-state index < -0.39 is 0 Å². The molecule has 20 heavy (non-hydrogen) atoms. The average molecular weight is 270 g/mol. The van der Waals surface area contributed by atoms with Crippen molar-refractivity contribution in [2.24, 2.45) is 0 Å². The van der Waals surface area contributed by atoms with Crippen molar-refractivity contribution in [3.05, 3.63) is 53.9 Å². The zero-order chi connectivity index (χ0) is 14.4. The van der Waals surface area contributed by atoms with E-state index in [2.05, 4.69) is 43.2 Å². The van der Waals surface area contributed by atoms with Gasteiger partial charge in [0.25, 0.3) is 0 Å². The van der Waals surface area contributed by atoms with Gasteiger partial charge in [-0.1, -0.05) is 32.9 Å². The largest absolute Gasteiger partial charge is 0.455 e. The van der Waals surface area contributed by atoms with Crippen molar-refractivity contribution in [2.45, 2.75) is 39.8 Å². The van der Waals surface area contributed by atoms with Crippen molar-refractivity contribution < 1.29 is 4.74 Å². The summed E-state index contributed by atoms with van der Waals surface area (Å²) < 4.78 is 5.94. The van der Waals surface area contributed by atoms with Gasteiger partial charge in [0.1, 0.15) is 11.5 Å². The van der Waals surface area contributed by atoms with Crippen LogP contribution in [0.2, 0.25) is 0 Å². The fraction of sp³-hybridized carbons (Fsp3) is 0.353. The second kappa shape index (κ2) is 7.06. The van der Waals surface area contributed by atoms with Crippen LogP contribution in [0.5, 0.6) is 11.5 Å². The van der Waals surface area contributed by atoms with Crippen molar-refractivity contribution >= 4 is 0 Å². The van der Waals surface area contributed by atoms with Gasteiger partial charge < -0.3 is 10.1 Å². The molecule has 0 bridgehead atoms. The summed E-state index contributed by atoms with van der Waals surface area (Å²) in [5.74, 6) is 1.66. The van der Waals surface area contributed by atoms with Crippen LogP contribution in [0.25, 0.3) is 0 Å². The van der Waals surface area contributed by atoms with E-state index in [9.17, 15) is 0 Å². The number of aromatic nitrogens is 1. The van der Waals surface area contributed by atoms with Gasteiger partial charge in [-0.2, -0.15) is 0 Å². The first kappa shape index (κ1) is 14.5. The van der Waals surface area contributed by atoms with Crippen LogP contribution >= 0.6 is 0 Å². The number of hydrogen-bond acceptors (Lipinski definition) is 3. The monoisotopic (exact) mass is 270 g/mol. The van der Waals surface area contributed by atoms with E-state index >= 15 is 0 Å². The number of pyridine rings is 1. The van der Waals surface area contributed by atoms with Crippen molar-refractivity contribution in [2.75, 3.05) is 0 Å². The molecule has 3 heteroatoms. The van der Waals surface area contributed by atoms with Gasteiger partial charge in [-0.25, -0.2) is 0 Å². The zero-order valence-corrected chi connectivity index (χ0v) is 12.4. The lowest BCUT2D eigenvalue weighted by Crippen LogP contribution is -2.22. The molecule has 1 heterocycles. The summed E-state index contributed by atoms with van der Waals surface area (Å²) in [6, 6.07) is 10.6. The van der Waals surface area contributed by atoms with E-state index in [1.807, 2.05) is 18.2 Å². The molecule has 0 spiro atoms. The van der Waals surface area contributed by atoms with E-state index in [1.165, 1.54) is 5.56 Å². The fourth-order valence-corrected chi connectivity index (χ4v) is 1.88. The van der Waals surface area contributed by atoms with Crippen LogP contribution in [0.4, 0.5) is 0 Å². The minimum absolute atomic E-state index is 0.444. The maximum absolute atomic E-state index is 5.94.